The zero-order valence-corrected chi connectivity index (χ0v) is 11.7. The molecule has 0 fully saturated rings. The molecule has 14 heavy (non-hydrogen) atoms. The molecule has 1 nitrogen and oxygen atoms in total. The van der Waals surface area contributed by atoms with Crippen LogP contribution in [0.4, 0.5) is 0 Å². The van der Waals surface area contributed by atoms with Gasteiger partial charge in [0.2, 0.25) is 0 Å². The van der Waals surface area contributed by atoms with E-state index < -0.39 is 8.24 Å². The van der Waals surface area contributed by atoms with Gasteiger partial charge in [0.05, 0.1) is 0 Å². The van der Waals surface area contributed by atoms with Crippen molar-refractivity contribution >= 4 is 8.24 Å². The number of rotatable bonds is 2. The smallest absolute Gasteiger partial charge is 0.126 e. The van der Waals surface area contributed by atoms with Crippen LogP contribution in [0.3, 0.4) is 0 Å². The monoisotopic (exact) mass is 211 g/mol. The van der Waals surface area contributed by atoms with Crippen LogP contribution >= 0.6 is 0 Å². The van der Waals surface area contributed by atoms with Gasteiger partial charge in [-0.2, -0.15) is 0 Å². The van der Waals surface area contributed by atoms with Crippen molar-refractivity contribution < 1.29 is 0 Å². The lowest BCUT2D eigenvalue weighted by atomic mass is 9.95. The van der Waals surface area contributed by atoms with Crippen LogP contribution in [0.15, 0.2) is 11.1 Å². The van der Waals surface area contributed by atoms with Crippen molar-refractivity contribution in [1.29, 1.82) is 0 Å². The van der Waals surface area contributed by atoms with Crippen LogP contribution in [0.5, 0.6) is 0 Å². The summed E-state index contributed by atoms with van der Waals surface area (Å²) in [5.41, 5.74) is 4.12. The molecule has 0 aliphatic heterocycles. The maximum absolute atomic E-state index is 3.59. The molecule has 1 aliphatic rings. The van der Waals surface area contributed by atoms with E-state index in [1.165, 1.54) is 0 Å². The molecule has 0 heterocycles. The third kappa shape index (κ3) is 1.70. The Morgan fingerprint density at radius 3 is 1.86 bits per heavy atom. The molecule has 1 aliphatic carbocycles. The summed E-state index contributed by atoms with van der Waals surface area (Å²) in [6, 6.07) is 0. The third-order valence-electron chi connectivity index (χ3n) is 4.51. The van der Waals surface area contributed by atoms with Gasteiger partial charge < -0.3 is 4.98 Å². The minimum atomic E-state index is -1.26. The van der Waals surface area contributed by atoms with Gasteiger partial charge in [-0.25, -0.2) is 0 Å². The van der Waals surface area contributed by atoms with Gasteiger partial charge in [-0.1, -0.05) is 38.1 Å². The van der Waals surface area contributed by atoms with Crippen molar-refractivity contribution in [3.8, 4) is 0 Å². The number of hydrogen-bond donors (Lipinski definition) is 1. The van der Waals surface area contributed by atoms with E-state index in [9.17, 15) is 0 Å². The fraction of sp³-hybridized carbons (Fsp3) is 0.833. The lowest BCUT2D eigenvalue weighted by Gasteiger charge is -2.34. The van der Waals surface area contributed by atoms with Crippen molar-refractivity contribution in [2.75, 3.05) is 7.05 Å². The summed E-state index contributed by atoms with van der Waals surface area (Å²) in [6.07, 6.45) is 0. The lowest BCUT2D eigenvalue weighted by molar-refractivity contribution is 0.469. The largest absolute Gasteiger partial charge is 0.340 e. The maximum atomic E-state index is 3.59. The summed E-state index contributed by atoms with van der Waals surface area (Å²) in [5, 5.41) is 0. The topological polar surface area (TPSA) is 12.0 Å². The van der Waals surface area contributed by atoms with E-state index in [1.807, 2.05) is 0 Å². The summed E-state index contributed by atoms with van der Waals surface area (Å²) in [5.74, 6) is 1.60. The van der Waals surface area contributed by atoms with Gasteiger partial charge >= 0.3 is 0 Å². The van der Waals surface area contributed by atoms with E-state index in [4.69, 9.17) is 0 Å². The van der Waals surface area contributed by atoms with Crippen LogP contribution in [-0.4, -0.2) is 15.3 Å². The first-order valence-electron chi connectivity index (χ1n) is 5.69. The van der Waals surface area contributed by atoms with E-state index in [-0.39, 0.29) is 0 Å². The molecule has 0 aromatic heterocycles. The molecule has 0 bridgehead atoms. The Balaban J connectivity index is 3.02. The van der Waals surface area contributed by atoms with Gasteiger partial charge in [0.15, 0.2) is 0 Å². The SMILES string of the molecule is CN[Si](C)(C)[C@@H]1C(C)=C(C)[C@@H](C)C1C. The van der Waals surface area contributed by atoms with Crippen LogP contribution < -0.4 is 4.98 Å². The van der Waals surface area contributed by atoms with E-state index in [2.05, 4.69) is 52.8 Å². The predicted octanol–water partition coefficient (Wildman–Crippen LogP) is 3.40. The molecule has 0 amide bonds. The molecule has 0 aromatic carbocycles. The van der Waals surface area contributed by atoms with Gasteiger partial charge in [-0.15, -0.1) is 0 Å². The Hall–Kier alpha value is -0.0831. The molecule has 0 saturated carbocycles. The molecule has 0 aromatic rings. The van der Waals surface area contributed by atoms with Crippen molar-refractivity contribution in [2.24, 2.45) is 11.8 Å². The van der Waals surface area contributed by atoms with Crippen molar-refractivity contribution in [3.05, 3.63) is 11.1 Å². The molecule has 3 atom stereocenters. The molecular weight excluding hydrogens is 186 g/mol. The highest BCUT2D eigenvalue weighted by Gasteiger charge is 2.43. The first kappa shape index (κ1) is 12.0. The molecule has 1 N–H and O–H groups in total. The maximum Gasteiger partial charge on any atom is 0.126 e. The second-order valence-corrected chi connectivity index (χ2v) is 10.0. The second-order valence-electron chi connectivity index (χ2n) is 5.46. The van der Waals surface area contributed by atoms with Crippen molar-refractivity contribution in [2.45, 2.75) is 46.3 Å². The lowest BCUT2D eigenvalue weighted by Crippen LogP contribution is -2.48. The van der Waals surface area contributed by atoms with Crippen molar-refractivity contribution in [1.82, 2.24) is 4.98 Å². The molecule has 0 radical (unpaired) electrons. The molecule has 82 valence electrons. The van der Waals surface area contributed by atoms with Crippen LogP contribution in [0.25, 0.3) is 0 Å². The van der Waals surface area contributed by atoms with Gasteiger partial charge in [0.1, 0.15) is 8.24 Å². The van der Waals surface area contributed by atoms with E-state index >= 15 is 0 Å². The summed E-state index contributed by atoms with van der Waals surface area (Å²) in [6.45, 7) is 14.3. The average molecular weight is 211 g/mol. The highest BCUT2D eigenvalue weighted by atomic mass is 28.3. The molecule has 1 unspecified atom stereocenters. The van der Waals surface area contributed by atoms with E-state index in [0.29, 0.717) is 0 Å². The fourth-order valence-corrected chi connectivity index (χ4v) is 6.26. The molecule has 2 heteroatoms. The van der Waals surface area contributed by atoms with Crippen LogP contribution in [0.2, 0.25) is 18.6 Å². The number of allylic oxidation sites excluding steroid dienone is 2. The second kappa shape index (κ2) is 3.82. The summed E-state index contributed by atoms with van der Waals surface area (Å²) >= 11 is 0. The van der Waals surface area contributed by atoms with Crippen LogP contribution in [-0.2, 0) is 0 Å². The Bertz CT molecular complexity index is 255. The average Bonchev–Trinajstić information content (AvgIpc) is 2.31. The number of nitrogens with one attached hydrogen (secondary N) is 1. The molecular formula is C12H25NSi. The Morgan fingerprint density at radius 1 is 1.07 bits per heavy atom. The zero-order valence-electron chi connectivity index (χ0n) is 10.7. The Morgan fingerprint density at radius 2 is 1.57 bits per heavy atom. The Labute approximate surface area is 90.1 Å². The van der Waals surface area contributed by atoms with E-state index in [1.54, 1.807) is 11.1 Å². The standard InChI is InChI=1S/C12H25NSi/c1-8-9(2)11(4)12(10(8)3)14(6,7)13-5/h8,10,12-13H,1-7H3/t8-,10?,12+/m1/s1. The minimum Gasteiger partial charge on any atom is -0.340 e. The third-order valence-corrected chi connectivity index (χ3v) is 8.31. The van der Waals surface area contributed by atoms with Gasteiger partial charge in [-0.3, -0.25) is 0 Å². The van der Waals surface area contributed by atoms with Crippen molar-refractivity contribution in [3.63, 3.8) is 0 Å². The van der Waals surface area contributed by atoms with Gasteiger partial charge in [-0.05, 0) is 38.3 Å². The highest BCUT2D eigenvalue weighted by Crippen LogP contribution is 2.48. The first-order chi connectivity index (χ1) is 6.33. The molecule has 0 spiro atoms. The quantitative estimate of drug-likeness (QED) is 0.545. The van der Waals surface area contributed by atoms with E-state index in [0.717, 1.165) is 17.4 Å². The first-order valence-corrected chi connectivity index (χ1v) is 8.76. The molecule has 0 saturated heterocycles. The summed E-state index contributed by atoms with van der Waals surface area (Å²) < 4.78 is 0. The summed E-state index contributed by atoms with van der Waals surface area (Å²) in [4.78, 5) is 3.59. The van der Waals surface area contributed by atoms with Gasteiger partial charge in [0, 0.05) is 0 Å². The van der Waals surface area contributed by atoms with Crippen LogP contribution in [0, 0.1) is 11.8 Å². The normalized spacial score (nSPS) is 34.1. The predicted molar refractivity (Wildman–Crippen MR) is 67.0 cm³/mol. The summed E-state index contributed by atoms with van der Waals surface area (Å²) in [7, 11) is 0.868. The molecule has 1 rings (SSSR count). The number of hydrogen-bond acceptors (Lipinski definition) is 1. The zero-order chi connectivity index (χ0) is 11.1. The minimum absolute atomic E-state index is 0.778. The van der Waals surface area contributed by atoms with Crippen LogP contribution in [0.1, 0.15) is 27.7 Å². The fourth-order valence-electron chi connectivity index (χ4n) is 3.04. The Kier molecular flexibility index (Phi) is 3.27. The van der Waals surface area contributed by atoms with Gasteiger partial charge in [0.25, 0.3) is 0 Å². The highest BCUT2D eigenvalue weighted by molar-refractivity contribution is 6.77.